The van der Waals surface area contributed by atoms with Gasteiger partial charge in [-0.25, -0.2) is 0 Å². The molecule has 2 aromatic heterocycles. The number of rotatable bonds is 5. The highest BCUT2D eigenvalue weighted by Crippen LogP contribution is 2.41. The fraction of sp³-hybridized carbons (Fsp3) is 0.0270. The molecule has 0 unspecified atom stereocenters. The van der Waals surface area contributed by atoms with Gasteiger partial charge < -0.3 is 22.7 Å². The minimum Gasteiger partial charge on any atom is -0.537 e. The van der Waals surface area contributed by atoms with Crippen LogP contribution in [0, 0.1) is 0 Å². The second kappa shape index (κ2) is 15.0. The van der Waals surface area contributed by atoms with Gasteiger partial charge in [-0.2, -0.15) is 21.6 Å². The van der Waals surface area contributed by atoms with Gasteiger partial charge in [-0.05, 0) is 41.5 Å². The van der Waals surface area contributed by atoms with Crippen molar-refractivity contribution in [1.29, 1.82) is 0 Å². The Morgan fingerprint density at radius 1 is 0.627 bits per heavy atom. The number of halogens is 5. The van der Waals surface area contributed by atoms with Crippen LogP contribution in [-0.4, -0.2) is 26.6 Å². The molecule has 0 aliphatic heterocycles. The summed E-state index contributed by atoms with van der Waals surface area (Å²) < 4.78 is 80.1. The zero-order valence-corrected chi connectivity index (χ0v) is 28.3. The van der Waals surface area contributed by atoms with Gasteiger partial charge in [-0.3, -0.25) is 0 Å². The lowest BCUT2D eigenvalue weighted by atomic mass is 9.99. The van der Waals surface area contributed by atoms with Gasteiger partial charge in [-0.1, -0.05) is 108 Å². The Balaban J connectivity index is 0.000000143. The highest BCUT2D eigenvalue weighted by atomic mass is 35.5. The largest absolute Gasteiger partial charge is 0.569 e. The van der Waals surface area contributed by atoms with E-state index in [-0.39, 0.29) is 16.0 Å². The Kier molecular flexibility index (Phi) is 10.5. The Bertz CT molecular complexity index is 2560. The summed E-state index contributed by atoms with van der Waals surface area (Å²) >= 11 is 12.0. The molecular formula is C37H23BCl2F3O7S. The van der Waals surface area contributed by atoms with Gasteiger partial charge in [0.2, 0.25) is 0 Å². The first-order chi connectivity index (χ1) is 24.4. The van der Waals surface area contributed by atoms with E-state index in [9.17, 15) is 21.6 Å². The Labute approximate surface area is 299 Å². The number of hydrogen-bond donors (Lipinski definition) is 1. The van der Waals surface area contributed by atoms with Gasteiger partial charge in [0.05, 0.1) is 11.1 Å². The van der Waals surface area contributed by atoms with Crippen molar-refractivity contribution in [2.24, 2.45) is 0 Å². The molecule has 0 fully saturated rings. The second-order valence-electron chi connectivity index (χ2n) is 10.7. The van der Waals surface area contributed by atoms with E-state index in [1.54, 1.807) is 36.4 Å². The van der Waals surface area contributed by atoms with Gasteiger partial charge >= 0.3 is 23.3 Å². The molecule has 0 spiro atoms. The Morgan fingerprint density at radius 2 is 1.12 bits per heavy atom. The van der Waals surface area contributed by atoms with Gasteiger partial charge in [0.1, 0.15) is 22.3 Å². The lowest BCUT2D eigenvalue weighted by Crippen LogP contribution is -2.28. The first-order valence-electron chi connectivity index (χ1n) is 14.9. The van der Waals surface area contributed by atoms with Crippen LogP contribution in [0.1, 0.15) is 0 Å². The van der Waals surface area contributed by atoms with Crippen molar-refractivity contribution in [2.45, 2.75) is 5.51 Å². The molecule has 0 aliphatic carbocycles. The number of hydrogen-bond acceptors (Lipinski definition) is 7. The number of para-hydroxylation sites is 3. The highest BCUT2D eigenvalue weighted by molar-refractivity contribution is 7.88. The fourth-order valence-electron chi connectivity index (χ4n) is 5.24. The molecule has 51 heavy (non-hydrogen) atoms. The summed E-state index contributed by atoms with van der Waals surface area (Å²) in [5.74, 6) is 0.102. The zero-order valence-electron chi connectivity index (χ0n) is 26.0. The molecule has 0 aliphatic rings. The van der Waals surface area contributed by atoms with E-state index in [1.807, 2.05) is 66.7 Å². The van der Waals surface area contributed by atoms with Crippen molar-refractivity contribution in [3.05, 3.63) is 144 Å². The van der Waals surface area contributed by atoms with Crippen LogP contribution in [0.15, 0.2) is 142 Å². The molecule has 1 radical (unpaired) electrons. The molecule has 1 N–H and O–H groups in total. The zero-order chi connectivity index (χ0) is 36.2. The Morgan fingerprint density at radius 3 is 1.69 bits per heavy atom. The minimum atomic E-state index is -5.81. The summed E-state index contributed by atoms with van der Waals surface area (Å²) in [6.45, 7) is 0. The summed E-state index contributed by atoms with van der Waals surface area (Å²) in [5.41, 5.74) is -1.07. The first-order valence-corrected chi connectivity index (χ1v) is 17.1. The number of fused-ring (bicyclic) bond motifs is 6. The fourth-order valence-corrected chi connectivity index (χ4v) is 6.11. The SMILES string of the molecule is Clc1cc(-c2ccccc2)c2c(c1)oc1ccccc12.O=S(=O)(Oc1cc(Cl)cc2oc3ccccc3c12)C(F)(F)F.O[B]Oc1ccccc1. The monoisotopic (exact) mass is 749 g/mol. The second-order valence-corrected chi connectivity index (χ2v) is 13.1. The van der Waals surface area contributed by atoms with Gasteiger partial charge in [0, 0.05) is 44.4 Å². The molecule has 0 bridgehead atoms. The third-order valence-electron chi connectivity index (χ3n) is 7.35. The van der Waals surface area contributed by atoms with Crippen molar-refractivity contribution < 1.29 is 44.3 Å². The van der Waals surface area contributed by atoms with E-state index in [0.29, 0.717) is 29.4 Å². The van der Waals surface area contributed by atoms with Crippen LogP contribution in [0.5, 0.6) is 11.5 Å². The van der Waals surface area contributed by atoms with Crippen LogP contribution >= 0.6 is 23.2 Å². The van der Waals surface area contributed by atoms with Crippen LogP contribution in [-0.2, 0) is 10.1 Å². The average molecular weight is 750 g/mol. The third-order valence-corrected chi connectivity index (χ3v) is 8.75. The molecular weight excluding hydrogens is 727 g/mol. The van der Waals surface area contributed by atoms with Crippen molar-refractivity contribution in [3.63, 3.8) is 0 Å². The van der Waals surface area contributed by atoms with Crippen LogP contribution in [0.2, 0.25) is 10.0 Å². The van der Waals surface area contributed by atoms with E-state index in [0.717, 1.165) is 39.1 Å². The topological polar surface area (TPSA) is 99.1 Å². The molecule has 0 saturated heterocycles. The molecule has 0 atom stereocenters. The molecule has 0 saturated carbocycles. The lowest BCUT2D eigenvalue weighted by Gasteiger charge is -2.10. The third kappa shape index (κ3) is 7.94. The van der Waals surface area contributed by atoms with E-state index < -0.39 is 21.4 Å². The summed E-state index contributed by atoms with van der Waals surface area (Å²) in [6.07, 6.45) is 0. The molecule has 14 heteroatoms. The number of furan rings is 2. The molecule has 6 aromatic carbocycles. The van der Waals surface area contributed by atoms with Crippen LogP contribution in [0.3, 0.4) is 0 Å². The molecule has 257 valence electrons. The molecule has 7 nitrogen and oxygen atoms in total. The van der Waals surface area contributed by atoms with E-state index in [2.05, 4.69) is 27.0 Å². The van der Waals surface area contributed by atoms with Crippen molar-refractivity contribution in [3.8, 4) is 22.6 Å². The predicted molar refractivity (Wildman–Crippen MR) is 194 cm³/mol. The van der Waals surface area contributed by atoms with Gasteiger partial charge in [0.15, 0.2) is 5.75 Å². The van der Waals surface area contributed by atoms with E-state index in [4.69, 9.17) is 37.1 Å². The maximum atomic E-state index is 12.5. The molecule has 2 heterocycles. The molecule has 8 rings (SSSR count). The summed E-state index contributed by atoms with van der Waals surface area (Å²) in [7, 11) is -5.14. The van der Waals surface area contributed by atoms with Crippen LogP contribution in [0.25, 0.3) is 55.0 Å². The molecule has 0 amide bonds. The predicted octanol–water partition coefficient (Wildman–Crippen LogP) is 11.0. The Hall–Kier alpha value is -5.14. The van der Waals surface area contributed by atoms with Crippen LogP contribution < -0.4 is 8.84 Å². The van der Waals surface area contributed by atoms with Crippen molar-refractivity contribution >= 4 is 84.9 Å². The standard InChI is InChI=1S/C18H11ClO.C13H6ClF3O4S.C6H6BO2/c19-13-10-15(12-6-2-1-3-7-12)18-14-8-4-5-9-16(14)20-17(18)11-13;14-7-5-10-12(8-3-1-2-4-9(8)20-10)11(6-7)21-22(18,19)13(15,16)17;8-7-9-6-4-2-1-3-5-6/h1-11H;1-6H;1-5,8H. The highest BCUT2D eigenvalue weighted by Gasteiger charge is 2.49. The number of alkyl halides is 3. The average Bonchev–Trinajstić information content (AvgIpc) is 3.67. The lowest BCUT2D eigenvalue weighted by molar-refractivity contribution is -0.0499. The van der Waals surface area contributed by atoms with Crippen molar-refractivity contribution in [2.75, 3.05) is 0 Å². The minimum absolute atomic E-state index is 0.0149. The quantitative estimate of drug-likeness (QED) is 0.106. The van der Waals surface area contributed by atoms with Gasteiger partial charge in [-0.15, -0.1) is 0 Å². The smallest absolute Gasteiger partial charge is 0.537 e. The van der Waals surface area contributed by atoms with E-state index in [1.165, 1.54) is 6.07 Å². The van der Waals surface area contributed by atoms with Gasteiger partial charge in [0.25, 0.3) is 0 Å². The maximum absolute atomic E-state index is 12.5. The normalized spacial score (nSPS) is 11.5. The van der Waals surface area contributed by atoms with Crippen molar-refractivity contribution in [1.82, 2.24) is 0 Å². The summed E-state index contributed by atoms with van der Waals surface area (Å²) in [6, 6.07) is 40.1. The molecule has 8 aromatic rings. The summed E-state index contributed by atoms with van der Waals surface area (Å²) in [5, 5.41) is 11.6. The first kappa shape index (κ1) is 35.7. The maximum Gasteiger partial charge on any atom is 0.569 e. The van der Waals surface area contributed by atoms with E-state index >= 15 is 0 Å². The van der Waals surface area contributed by atoms with Crippen LogP contribution in [0.4, 0.5) is 13.2 Å². The summed E-state index contributed by atoms with van der Waals surface area (Å²) in [4.78, 5) is 0. The number of benzene rings is 6.